The van der Waals surface area contributed by atoms with Crippen LogP contribution < -0.4 is 4.90 Å². The maximum atomic E-state index is 13.0. The molecule has 8 nitrogen and oxygen atoms in total. The predicted octanol–water partition coefficient (Wildman–Crippen LogP) is 3.90. The number of halogens is 1. The van der Waals surface area contributed by atoms with Gasteiger partial charge in [-0.15, -0.1) is 0 Å². The van der Waals surface area contributed by atoms with E-state index in [1.165, 1.54) is 17.0 Å². The monoisotopic (exact) mass is 574 g/mol. The van der Waals surface area contributed by atoms with Crippen molar-refractivity contribution in [3.05, 3.63) is 70.5 Å². The molecule has 1 amide bonds. The van der Waals surface area contributed by atoms with Crippen molar-refractivity contribution in [3.8, 4) is 6.07 Å². The second-order valence-corrected chi connectivity index (χ2v) is 11.1. The van der Waals surface area contributed by atoms with E-state index >= 15 is 0 Å². The van der Waals surface area contributed by atoms with Gasteiger partial charge >= 0.3 is 0 Å². The molecule has 0 unspecified atom stereocenters. The Morgan fingerprint density at radius 2 is 1.95 bits per heavy atom. The lowest BCUT2D eigenvalue weighted by Gasteiger charge is -2.38. The molecule has 2 aliphatic rings. The number of aromatic nitrogens is 2. The van der Waals surface area contributed by atoms with Gasteiger partial charge in [0.1, 0.15) is 11.9 Å². The van der Waals surface area contributed by atoms with E-state index in [4.69, 9.17) is 5.26 Å². The lowest BCUT2D eigenvalue weighted by Crippen LogP contribution is -2.50. The second kappa shape index (κ2) is 11.1. The van der Waals surface area contributed by atoms with Gasteiger partial charge in [0.15, 0.2) is 5.78 Å². The normalized spacial score (nSPS) is 16.3. The van der Waals surface area contributed by atoms with Gasteiger partial charge < -0.3 is 14.4 Å². The lowest BCUT2D eigenvalue weighted by atomic mass is 9.94. The number of hydrogen-bond donors (Lipinski definition) is 0. The van der Waals surface area contributed by atoms with E-state index in [-0.39, 0.29) is 17.6 Å². The van der Waals surface area contributed by atoms with Gasteiger partial charge in [0.25, 0.3) is 0 Å². The molecule has 2 aliphatic heterocycles. The molecule has 0 radical (unpaired) electrons. The van der Waals surface area contributed by atoms with Gasteiger partial charge in [-0.05, 0) is 48.9 Å². The molecule has 5 rings (SSSR count). The summed E-state index contributed by atoms with van der Waals surface area (Å²) in [5.41, 5.74) is 4.03. The number of ketones is 1. The number of pyridine rings is 1. The van der Waals surface area contributed by atoms with Crippen molar-refractivity contribution in [3.63, 3.8) is 0 Å². The molecule has 4 heterocycles. The number of fused-ring (bicyclic) bond motifs is 1. The Hall–Kier alpha value is -3.48. The van der Waals surface area contributed by atoms with Gasteiger partial charge in [-0.25, -0.2) is 4.98 Å². The Morgan fingerprint density at radius 3 is 2.61 bits per heavy atom. The summed E-state index contributed by atoms with van der Waals surface area (Å²) < 4.78 is 3.18. The first-order valence-electron chi connectivity index (χ1n) is 12.9. The molecule has 0 spiro atoms. The van der Waals surface area contributed by atoms with E-state index < -0.39 is 0 Å². The van der Waals surface area contributed by atoms with Crippen molar-refractivity contribution in [2.24, 2.45) is 5.92 Å². The van der Waals surface area contributed by atoms with Crippen molar-refractivity contribution in [2.75, 3.05) is 44.2 Å². The van der Waals surface area contributed by atoms with Crippen LogP contribution in [0, 0.1) is 24.2 Å². The smallest absolute Gasteiger partial charge is 0.245 e. The summed E-state index contributed by atoms with van der Waals surface area (Å²) in [6.45, 7) is 11.6. The SMILES string of the molecule is C=CC(=O)N1CC(CC(=O)Cn2c(C)c(CN3CCN(c4ccc(C#N)cn4)CC3)c3cc(Br)ccc32)C1. The number of nitrogens with zero attached hydrogens (tertiary/aromatic N) is 6. The first-order valence-corrected chi connectivity index (χ1v) is 13.7. The third-order valence-electron chi connectivity index (χ3n) is 7.67. The third-order valence-corrected chi connectivity index (χ3v) is 8.16. The zero-order valence-electron chi connectivity index (χ0n) is 21.6. The molecule has 196 valence electrons. The number of benzene rings is 1. The van der Waals surface area contributed by atoms with Crippen LogP contribution in [0.4, 0.5) is 5.82 Å². The minimum Gasteiger partial charge on any atom is -0.354 e. The van der Waals surface area contributed by atoms with E-state index in [1.54, 1.807) is 11.1 Å². The Balaban J connectivity index is 1.26. The fraction of sp³-hybridized carbons (Fsp3) is 0.379. The van der Waals surface area contributed by atoms with Crippen molar-refractivity contribution in [1.29, 1.82) is 5.26 Å². The fourth-order valence-corrected chi connectivity index (χ4v) is 5.86. The predicted molar refractivity (Wildman–Crippen MR) is 151 cm³/mol. The summed E-state index contributed by atoms with van der Waals surface area (Å²) in [5.74, 6) is 1.26. The Bertz CT molecular complexity index is 1410. The highest BCUT2D eigenvalue weighted by atomic mass is 79.9. The molecule has 0 atom stereocenters. The first kappa shape index (κ1) is 26.1. The molecule has 38 heavy (non-hydrogen) atoms. The van der Waals surface area contributed by atoms with Crippen LogP contribution in [0.15, 0.2) is 53.7 Å². The van der Waals surface area contributed by atoms with Crippen LogP contribution in [0.3, 0.4) is 0 Å². The minimum absolute atomic E-state index is 0.0647. The summed E-state index contributed by atoms with van der Waals surface area (Å²) in [7, 11) is 0. The van der Waals surface area contributed by atoms with Crippen LogP contribution in [-0.4, -0.2) is 70.3 Å². The minimum atomic E-state index is -0.0647. The number of rotatable bonds is 8. The average molecular weight is 576 g/mol. The Morgan fingerprint density at radius 1 is 1.18 bits per heavy atom. The average Bonchev–Trinajstić information content (AvgIpc) is 3.15. The van der Waals surface area contributed by atoms with Gasteiger partial charge in [0.05, 0.1) is 12.1 Å². The summed E-state index contributed by atoms with van der Waals surface area (Å²) in [4.78, 5) is 35.6. The largest absolute Gasteiger partial charge is 0.354 e. The maximum Gasteiger partial charge on any atom is 0.245 e. The van der Waals surface area contributed by atoms with Crippen LogP contribution in [0.2, 0.25) is 0 Å². The zero-order valence-corrected chi connectivity index (χ0v) is 23.2. The number of piperazine rings is 1. The number of carbonyl (C=O) groups is 2. The number of anilines is 1. The first-order chi connectivity index (χ1) is 18.4. The van der Waals surface area contributed by atoms with E-state index in [2.05, 4.69) is 67.0 Å². The van der Waals surface area contributed by atoms with Gasteiger partial charge in [-0.2, -0.15) is 5.26 Å². The Kier molecular flexibility index (Phi) is 7.63. The highest BCUT2D eigenvalue weighted by Crippen LogP contribution is 2.31. The van der Waals surface area contributed by atoms with E-state index in [0.29, 0.717) is 31.6 Å². The van der Waals surface area contributed by atoms with Gasteiger partial charge in [0, 0.05) is 85.4 Å². The highest BCUT2D eigenvalue weighted by molar-refractivity contribution is 9.10. The molecule has 0 saturated carbocycles. The molecule has 9 heteroatoms. The molecule has 0 aliphatic carbocycles. The van der Waals surface area contributed by atoms with Gasteiger partial charge in [0.2, 0.25) is 5.91 Å². The van der Waals surface area contributed by atoms with Crippen molar-refractivity contribution in [2.45, 2.75) is 26.4 Å². The number of nitriles is 1. The number of Topliss-reactive ketones (excluding diaryl/α,β-unsaturated/α-hetero) is 1. The standard InChI is InChI=1S/C29H31BrN6O2/c1-3-29(38)35-16-22(17-35)12-24(37)18-36-20(2)26(25-13-23(30)5-6-27(25)36)19-33-8-10-34(11-9-33)28-7-4-21(14-31)15-32-28/h3-7,13,15,22H,1,8-12,16-19H2,2H3. The molecule has 2 saturated heterocycles. The molecule has 2 fully saturated rings. The highest BCUT2D eigenvalue weighted by Gasteiger charge is 2.31. The van der Waals surface area contributed by atoms with Crippen LogP contribution in [-0.2, 0) is 22.7 Å². The van der Waals surface area contributed by atoms with Crippen LogP contribution in [0.5, 0.6) is 0 Å². The quantitative estimate of drug-likeness (QED) is 0.379. The van der Waals surface area contributed by atoms with E-state index in [9.17, 15) is 9.59 Å². The van der Waals surface area contributed by atoms with Crippen LogP contribution >= 0.6 is 15.9 Å². The molecule has 2 aromatic heterocycles. The number of carbonyl (C=O) groups excluding carboxylic acids is 2. The molecular formula is C29H31BrN6O2. The summed E-state index contributed by atoms with van der Waals surface area (Å²) in [6.07, 6.45) is 3.44. The third kappa shape index (κ3) is 5.38. The topological polar surface area (TPSA) is 85.5 Å². The maximum absolute atomic E-state index is 13.0. The van der Waals surface area contributed by atoms with E-state index in [1.807, 2.05) is 18.2 Å². The lowest BCUT2D eigenvalue weighted by molar-refractivity contribution is -0.134. The molecule has 3 aromatic rings. The fourth-order valence-electron chi connectivity index (χ4n) is 5.50. The molecule has 1 aromatic carbocycles. The number of likely N-dealkylation sites (tertiary alicyclic amines) is 1. The van der Waals surface area contributed by atoms with Crippen LogP contribution in [0.25, 0.3) is 10.9 Å². The summed E-state index contributed by atoms with van der Waals surface area (Å²) in [6, 6.07) is 12.1. The van der Waals surface area contributed by atoms with Crippen LogP contribution in [0.1, 0.15) is 23.2 Å². The zero-order chi connectivity index (χ0) is 26.8. The van der Waals surface area contributed by atoms with Crippen molar-refractivity contribution < 1.29 is 9.59 Å². The van der Waals surface area contributed by atoms with Crippen molar-refractivity contribution >= 4 is 44.3 Å². The van der Waals surface area contributed by atoms with Gasteiger partial charge in [-0.1, -0.05) is 22.5 Å². The number of amides is 1. The molecular weight excluding hydrogens is 544 g/mol. The second-order valence-electron chi connectivity index (χ2n) is 10.1. The summed E-state index contributed by atoms with van der Waals surface area (Å²) >= 11 is 3.63. The summed E-state index contributed by atoms with van der Waals surface area (Å²) in [5, 5.41) is 10.2. The Labute approximate surface area is 231 Å². The number of hydrogen-bond acceptors (Lipinski definition) is 6. The van der Waals surface area contributed by atoms with Gasteiger partial charge in [-0.3, -0.25) is 14.5 Å². The van der Waals surface area contributed by atoms with E-state index in [0.717, 1.165) is 54.2 Å². The van der Waals surface area contributed by atoms with Crippen molar-refractivity contribution in [1.82, 2.24) is 19.4 Å². The molecule has 0 N–H and O–H groups in total. The molecule has 0 bridgehead atoms.